The Balaban J connectivity index is 1.37. The summed E-state index contributed by atoms with van der Waals surface area (Å²) in [5.41, 5.74) is 10.8. The zero-order valence-electron chi connectivity index (χ0n) is 24.7. The third-order valence-electron chi connectivity index (χ3n) is 7.86. The molecule has 0 atom stereocenters. The van der Waals surface area contributed by atoms with E-state index >= 15 is 0 Å². The van der Waals surface area contributed by atoms with Crippen molar-refractivity contribution in [3.63, 3.8) is 0 Å². The van der Waals surface area contributed by atoms with E-state index in [1.54, 1.807) is 30.1 Å². The molecule has 3 aromatic rings. The molecule has 5 rings (SSSR count). The van der Waals surface area contributed by atoms with E-state index in [0.29, 0.717) is 54.1 Å². The Kier molecular flexibility index (Phi) is 9.51. The summed E-state index contributed by atoms with van der Waals surface area (Å²) in [4.78, 5) is 45.1. The number of carbonyl (C=O) groups is 3. The Labute approximate surface area is 252 Å². The Morgan fingerprint density at radius 3 is 2.37 bits per heavy atom. The molecule has 0 saturated carbocycles. The van der Waals surface area contributed by atoms with Crippen molar-refractivity contribution in [3.8, 4) is 0 Å². The van der Waals surface area contributed by atoms with Gasteiger partial charge in [0.05, 0.1) is 17.8 Å². The van der Waals surface area contributed by atoms with Gasteiger partial charge in [-0.25, -0.2) is 0 Å². The van der Waals surface area contributed by atoms with Crippen LogP contribution >= 0.6 is 0 Å². The number of nitrogens with one attached hydrogen (secondary N) is 3. The molecule has 5 N–H and O–H groups in total. The second-order valence-electron chi connectivity index (χ2n) is 10.9. The fourth-order valence-electron chi connectivity index (χ4n) is 5.21. The summed E-state index contributed by atoms with van der Waals surface area (Å²) in [5, 5.41) is 9.24. The van der Waals surface area contributed by atoms with Gasteiger partial charge in [-0.15, -0.1) is 0 Å². The van der Waals surface area contributed by atoms with Gasteiger partial charge in [0.1, 0.15) is 0 Å². The molecule has 224 valence electrons. The lowest BCUT2D eigenvalue weighted by Crippen LogP contribution is -2.48. The highest BCUT2D eigenvalue weighted by Crippen LogP contribution is 2.38. The molecular weight excluding hydrogens is 542 g/mol. The van der Waals surface area contributed by atoms with Crippen molar-refractivity contribution in [1.82, 2.24) is 15.1 Å². The number of rotatable bonds is 10. The van der Waals surface area contributed by atoms with Gasteiger partial charge in [-0.2, -0.15) is 0 Å². The Bertz CT molecular complexity index is 1500. The van der Waals surface area contributed by atoms with Crippen LogP contribution in [0.5, 0.6) is 0 Å². The number of benzene rings is 3. The quantitative estimate of drug-likeness (QED) is 0.215. The average molecular weight is 582 g/mol. The zero-order valence-corrected chi connectivity index (χ0v) is 24.7. The number of carbonyl (C=O) groups excluding carboxylic acids is 3. The summed E-state index contributed by atoms with van der Waals surface area (Å²) >= 11 is 0. The van der Waals surface area contributed by atoms with E-state index in [2.05, 4.69) is 32.8 Å². The smallest absolute Gasteiger partial charge is 0.258 e. The number of hydrogen-bond donors (Lipinski definition) is 4. The van der Waals surface area contributed by atoms with Crippen molar-refractivity contribution in [3.05, 3.63) is 89.5 Å². The van der Waals surface area contributed by atoms with Gasteiger partial charge >= 0.3 is 0 Å². The lowest BCUT2D eigenvalue weighted by molar-refractivity contribution is -0.119. The minimum Gasteiger partial charge on any atom is -0.354 e. The highest BCUT2D eigenvalue weighted by Gasteiger charge is 2.29. The SMILES string of the molecule is CN1CCN(CC(=O)N(C)c2ccc(NC(=C3C(=O)Nc4cc(C(=O)NCCCN)ccc43)c3ccccc3)cc2)CC1. The normalized spacial score (nSPS) is 16.3. The molecule has 3 amide bonds. The highest BCUT2D eigenvalue weighted by atomic mass is 16.2. The average Bonchev–Trinajstić information content (AvgIpc) is 3.36. The van der Waals surface area contributed by atoms with Crippen LogP contribution in [0.3, 0.4) is 0 Å². The van der Waals surface area contributed by atoms with Crippen molar-refractivity contribution >= 4 is 46.1 Å². The van der Waals surface area contributed by atoms with Gasteiger partial charge < -0.3 is 31.5 Å². The number of hydrogen-bond acceptors (Lipinski definition) is 7. The first-order chi connectivity index (χ1) is 20.8. The number of likely N-dealkylation sites (N-methyl/N-ethyl adjacent to an activating group) is 2. The molecule has 0 spiro atoms. The van der Waals surface area contributed by atoms with Crippen LogP contribution in [0.1, 0.15) is 27.9 Å². The van der Waals surface area contributed by atoms with E-state index in [-0.39, 0.29) is 17.7 Å². The lowest BCUT2D eigenvalue weighted by Gasteiger charge is -2.32. The predicted molar refractivity (Wildman–Crippen MR) is 172 cm³/mol. The van der Waals surface area contributed by atoms with Crippen LogP contribution in [0.2, 0.25) is 0 Å². The minimum atomic E-state index is -0.257. The largest absolute Gasteiger partial charge is 0.354 e. The zero-order chi connectivity index (χ0) is 30.3. The van der Waals surface area contributed by atoms with Gasteiger partial charge in [0.2, 0.25) is 5.91 Å². The van der Waals surface area contributed by atoms with Gasteiger partial charge in [-0.05, 0) is 62.0 Å². The third-order valence-corrected chi connectivity index (χ3v) is 7.86. The van der Waals surface area contributed by atoms with Crippen molar-refractivity contribution in [2.75, 3.05) is 75.4 Å². The van der Waals surface area contributed by atoms with Gasteiger partial charge in [-0.3, -0.25) is 19.3 Å². The predicted octanol–water partition coefficient (Wildman–Crippen LogP) is 2.91. The maximum atomic E-state index is 13.4. The molecule has 0 radical (unpaired) electrons. The first-order valence-electron chi connectivity index (χ1n) is 14.6. The van der Waals surface area contributed by atoms with Gasteiger partial charge in [0.15, 0.2) is 0 Å². The number of piperazine rings is 1. The molecule has 3 aromatic carbocycles. The summed E-state index contributed by atoms with van der Waals surface area (Å²) in [6.07, 6.45) is 0.691. The molecule has 10 nitrogen and oxygen atoms in total. The molecule has 1 fully saturated rings. The molecule has 0 aliphatic carbocycles. The minimum absolute atomic E-state index is 0.0454. The topological polar surface area (TPSA) is 123 Å². The number of amides is 3. The van der Waals surface area contributed by atoms with Crippen molar-refractivity contribution in [1.29, 1.82) is 0 Å². The molecule has 10 heteroatoms. The standard InChI is InChI=1S/C33H39N7O3/c1-38-17-19-40(20-18-38)22-29(41)39(2)26-12-10-25(11-13-26)36-31(23-7-4-3-5-8-23)30-27-14-9-24(21-28(27)37-33(30)43)32(42)35-16-6-15-34/h3-5,7-14,21,36H,6,15-20,22,34H2,1-2H3,(H,35,42)(H,37,43). The summed E-state index contributed by atoms with van der Waals surface area (Å²) in [6, 6.07) is 22.5. The highest BCUT2D eigenvalue weighted by molar-refractivity contribution is 6.37. The van der Waals surface area contributed by atoms with E-state index < -0.39 is 0 Å². The van der Waals surface area contributed by atoms with Crippen molar-refractivity contribution in [2.45, 2.75) is 6.42 Å². The molecule has 0 aromatic heterocycles. The monoisotopic (exact) mass is 581 g/mol. The molecule has 43 heavy (non-hydrogen) atoms. The van der Waals surface area contributed by atoms with Crippen molar-refractivity contribution in [2.24, 2.45) is 5.73 Å². The molecule has 1 saturated heterocycles. The second kappa shape index (κ2) is 13.6. The lowest BCUT2D eigenvalue weighted by atomic mass is 9.99. The van der Waals surface area contributed by atoms with Gasteiger partial charge in [0, 0.05) is 68.0 Å². The Hall–Kier alpha value is -4.51. The number of anilines is 3. The number of nitrogens with zero attached hydrogens (tertiary/aromatic N) is 3. The van der Waals surface area contributed by atoms with Crippen LogP contribution in [-0.4, -0.2) is 87.4 Å². The fourth-order valence-corrected chi connectivity index (χ4v) is 5.21. The summed E-state index contributed by atoms with van der Waals surface area (Å²) < 4.78 is 0. The summed E-state index contributed by atoms with van der Waals surface area (Å²) in [5.74, 6) is -0.423. The van der Waals surface area contributed by atoms with Crippen molar-refractivity contribution < 1.29 is 14.4 Å². The van der Waals surface area contributed by atoms with E-state index in [0.717, 1.165) is 43.1 Å². The second-order valence-corrected chi connectivity index (χ2v) is 10.9. The summed E-state index contributed by atoms with van der Waals surface area (Å²) in [7, 11) is 3.89. The molecule has 0 unspecified atom stereocenters. The maximum absolute atomic E-state index is 13.4. The van der Waals surface area contributed by atoms with Crippen LogP contribution < -0.4 is 26.6 Å². The van der Waals surface area contributed by atoms with Gasteiger partial charge in [-0.1, -0.05) is 36.4 Å². The fraction of sp³-hybridized carbons (Fsp3) is 0.303. The van der Waals surface area contributed by atoms with Crippen LogP contribution in [0, 0.1) is 0 Å². The van der Waals surface area contributed by atoms with Crippen LogP contribution in [0.25, 0.3) is 11.3 Å². The Morgan fingerprint density at radius 1 is 0.953 bits per heavy atom. The third kappa shape index (κ3) is 7.11. The van der Waals surface area contributed by atoms with Crippen LogP contribution in [0.4, 0.5) is 17.1 Å². The molecular formula is C33H39N7O3. The van der Waals surface area contributed by atoms with E-state index in [9.17, 15) is 14.4 Å². The van der Waals surface area contributed by atoms with E-state index in [1.807, 2.05) is 54.6 Å². The maximum Gasteiger partial charge on any atom is 0.258 e. The van der Waals surface area contributed by atoms with E-state index in [1.165, 1.54) is 0 Å². The van der Waals surface area contributed by atoms with Crippen LogP contribution in [0.15, 0.2) is 72.8 Å². The first-order valence-corrected chi connectivity index (χ1v) is 14.6. The summed E-state index contributed by atoms with van der Waals surface area (Å²) in [6.45, 7) is 5.07. The van der Waals surface area contributed by atoms with Gasteiger partial charge in [0.25, 0.3) is 11.8 Å². The van der Waals surface area contributed by atoms with Crippen LogP contribution in [-0.2, 0) is 9.59 Å². The first kappa shape index (κ1) is 30.0. The molecule has 2 aliphatic heterocycles. The number of nitrogens with two attached hydrogens (primary N) is 1. The molecule has 2 heterocycles. The van der Waals surface area contributed by atoms with E-state index in [4.69, 9.17) is 5.73 Å². The Morgan fingerprint density at radius 2 is 1.67 bits per heavy atom. The molecule has 2 aliphatic rings. The number of fused-ring (bicyclic) bond motifs is 1. The molecule has 0 bridgehead atoms.